The van der Waals surface area contributed by atoms with Gasteiger partial charge in [-0.2, -0.15) is 56.7 Å². The Balaban J connectivity index is 2.60. The zero-order chi connectivity index (χ0) is 27.1. The van der Waals surface area contributed by atoms with Crippen LogP contribution in [-0.2, 0) is 19.5 Å². The summed E-state index contributed by atoms with van der Waals surface area (Å²) in [5, 5.41) is -7.21. The Hall–Kier alpha value is -2.07. The lowest BCUT2D eigenvalue weighted by Crippen LogP contribution is -2.68. The third-order valence-electron chi connectivity index (χ3n) is 4.59. The first-order chi connectivity index (χ1) is 15.6. The summed E-state index contributed by atoms with van der Waals surface area (Å²) in [4.78, 5) is -0.168. The molecule has 1 unspecified atom stereocenters. The smallest absolute Gasteiger partial charge is 0.211 e. The Labute approximate surface area is 193 Å². The second kappa shape index (κ2) is 9.10. The lowest BCUT2D eigenvalue weighted by Gasteiger charge is -2.39. The predicted molar refractivity (Wildman–Crippen MR) is 104 cm³/mol. The van der Waals surface area contributed by atoms with Crippen LogP contribution in [0.15, 0.2) is 65.6 Å². The monoisotopic (exact) mass is 564 g/mol. The van der Waals surface area contributed by atoms with Gasteiger partial charge in [-0.25, -0.2) is 3.63 Å². The molecule has 2 aromatic rings. The summed E-state index contributed by atoms with van der Waals surface area (Å²) >= 11 is 0. The SMILES string of the molecule is CS(Cc1ccccc1)(OS(=O)(=O)C(F)(F)C(F)(F)C(F)(F)C(F)(F)C(F)(F)F)c1ccccc1. The topological polar surface area (TPSA) is 43.4 Å². The van der Waals surface area contributed by atoms with Crippen LogP contribution in [0.25, 0.3) is 0 Å². The van der Waals surface area contributed by atoms with Crippen LogP contribution < -0.4 is 0 Å². The van der Waals surface area contributed by atoms with E-state index in [1.54, 1.807) is 0 Å². The van der Waals surface area contributed by atoms with Gasteiger partial charge >= 0.3 is 39.3 Å². The highest BCUT2D eigenvalue weighted by atomic mass is 32.3. The molecule has 16 heteroatoms. The molecule has 0 aliphatic carbocycles. The highest BCUT2D eigenvalue weighted by Gasteiger charge is 2.90. The van der Waals surface area contributed by atoms with E-state index in [2.05, 4.69) is 3.63 Å². The van der Waals surface area contributed by atoms with Gasteiger partial charge in [0.15, 0.2) is 0 Å². The van der Waals surface area contributed by atoms with Gasteiger partial charge in [0, 0.05) is 10.6 Å². The van der Waals surface area contributed by atoms with Crippen molar-refractivity contribution in [2.45, 2.75) is 39.8 Å². The lowest BCUT2D eigenvalue weighted by atomic mass is 10.0. The average molecular weight is 564 g/mol. The Bertz CT molecular complexity index is 1120. The van der Waals surface area contributed by atoms with Crippen LogP contribution in [0.3, 0.4) is 0 Å². The second-order valence-corrected chi connectivity index (χ2v) is 11.9. The molecule has 0 heterocycles. The Morgan fingerprint density at radius 1 is 0.657 bits per heavy atom. The Kier molecular flexibility index (Phi) is 7.58. The molecule has 3 nitrogen and oxygen atoms in total. The summed E-state index contributed by atoms with van der Waals surface area (Å²) in [5.74, 6) is -23.9. The molecule has 0 amide bonds. The van der Waals surface area contributed by atoms with E-state index < -0.39 is 55.4 Å². The van der Waals surface area contributed by atoms with Gasteiger partial charge in [-0.15, -0.1) is 0 Å². The molecule has 0 saturated carbocycles. The first kappa shape index (κ1) is 29.2. The molecule has 1 atom stereocenters. The maximum Gasteiger partial charge on any atom is 0.460 e. The molecule has 0 aliphatic rings. The standard InChI is InChI=1S/C19H15F11O3S2/c1-34(14-10-6-3-7-11-14,12-13-8-4-2-5-9-13)33-35(31,32)19(29,30)17(24,25)15(20,21)16(22,23)18(26,27)28/h2-11H,12H2,1H3. The maximum atomic E-state index is 14.3. The Morgan fingerprint density at radius 3 is 1.51 bits per heavy atom. The van der Waals surface area contributed by atoms with E-state index in [0.717, 1.165) is 18.4 Å². The molecule has 0 spiro atoms. The molecular formula is C19H15F11O3S2. The summed E-state index contributed by atoms with van der Waals surface area (Å²) in [6.07, 6.45) is -6.54. The van der Waals surface area contributed by atoms with Crippen molar-refractivity contribution < 1.29 is 60.3 Å². The average Bonchev–Trinajstić information content (AvgIpc) is 2.73. The molecule has 0 aromatic heterocycles. The van der Waals surface area contributed by atoms with Crippen LogP contribution in [0.1, 0.15) is 5.56 Å². The van der Waals surface area contributed by atoms with Crippen LogP contribution in [0.5, 0.6) is 0 Å². The molecule has 0 aliphatic heterocycles. The third kappa shape index (κ3) is 4.96. The molecule has 198 valence electrons. The van der Waals surface area contributed by atoms with Gasteiger partial charge in [0.1, 0.15) is 0 Å². The van der Waals surface area contributed by atoms with E-state index in [0.29, 0.717) is 0 Å². The van der Waals surface area contributed by atoms with Crippen LogP contribution in [-0.4, -0.2) is 43.9 Å². The summed E-state index contributed by atoms with van der Waals surface area (Å²) in [5.41, 5.74) is 0.216. The fraction of sp³-hybridized carbons (Fsp3) is 0.368. The van der Waals surface area contributed by atoms with Gasteiger partial charge in [-0.3, -0.25) is 0 Å². The maximum absolute atomic E-state index is 14.3. The molecule has 0 N–H and O–H groups in total. The fourth-order valence-electron chi connectivity index (χ4n) is 2.70. The third-order valence-corrected chi connectivity index (χ3v) is 9.55. The van der Waals surface area contributed by atoms with Crippen molar-refractivity contribution >= 4 is 20.4 Å². The largest absolute Gasteiger partial charge is 0.460 e. The van der Waals surface area contributed by atoms with E-state index in [1.165, 1.54) is 48.5 Å². The van der Waals surface area contributed by atoms with Gasteiger partial charge in [0.2, 0.25) is 0 Å². The Morgan fingerprint density at radius 2 is 1.09 bits per heavy atom. The fourth-order valence-corrected chi connectivity index (χ4v) is 7.30. The highest BCUT2D eigenvalue weighted by Crippen LogP contribution is 2.63. The minimum absolute atomic E-state index is 0.168. The van der Waals surface area contributed by atoms with Crippen molar-refractivity contribution in [3.05, 3.63) is 66.2 Å². The molecule has 35 heavy (non-hydrogen) atoms. The number of rotatable bonds is 9. The first-order valence-corrected chi connectivity index (χ1v) is 12.6. The van der Waals surface area contributed by atoms with Crippen LogP contribution in [0.4, 0.5) is 48.3 Å². The van der Waals surface area contributed by atoms with E-state index in [1.807, 2.05) is 0 Å². The van der Waals surface area contributed by atoms with E-state index in [4.69, 9.17) is 0 Å². The van der Waals surface area contributed by atoms with Crippen molar-refractivity contribution in [3.63, 3.8) is 0 Å². The van der Waals surface area contributed by atoms with Crippen molar-refractivity contribution in [1.29, 1.82) is 0 Å². The predicted octanol–water partition coefficient (Wildman–Crippen LogP) is 7.00. The number of benzene rings is 2. The lowest BCUT2D eigenvalue weighted by molar-refractivity contribution is -0.413. The van der Waals surface area contributed by atoms with Gasteiger partial charge in [0.25, 0.3) is 0 Å². The first-order valence-electron chi connectivity index (χ1n) is 9.03. The minimum atomic E-state index is -7.88. The number of hydrogen-bond acceptors (Lipinski definition) is 3. The van der Waals surface area contributed by atoms with Crippen molar-refractivity contribution in [1.82, 2.24) is 0 Å². The summed E-state index contributed by atoms with van der Waals surface area (Å²) < 4.78 is 176. The number of hydrogen-bond donors (Lipinski definition) is 0. The van der Waals surface area contributed by atoms with Crippen LogP contribution >= 0.6 is 10.3 Å². The van der Waals surface area contributed by atoms with Gasteiger partial charge < -0.3 is 0 Å². The zero-order valence-corrected chi connectivity index (χ0v) is 18.8. The molecule has 0 fully saturated rings. The molecule has 2 rings (SSSR count). The van der Waals surface area contributed by atoms with Gasteiger partial charge in [0.05, 0.1) is 0 Å². The van der Waals surface area contributed by atoms with Gasteiger partial charge in [-0.1, -0.05) is 58.8 Å². The molecule has 0 radical (unpaired) electrons. The number of alkyl halides is 11. The van der Waals surface area contributed by atoms with Gasteiger partial charge in [-0.05, 0) is 24.0 Å². The van der Waals surface area contributed by atoms with E-state index in [9.17, 15) is 56.7 Å². The summed E-state index contributed by atoms with van der Waals surface area (Å²) in [6.45, 7) is 0. The summed E-state index contributed by atoms with van der Waals surface area (Å²) in [6, 6.07) is 13.3. The second-order valence-electron chi connectivity index (χ2n) is 7.21. The molecule has 2 aromatic carbocycles. The molecule has 0 bridgehead atoms. The van der Waals surface area contributed by atoms with E-state index in [-0.39, 0.29) is 10.5 Å². The van der Waals surface area contributed by atoms with Crippen LogP contribution in [0, 0.1) is 0 Å². The molecule has 0 saturated heterocycles. The van der Waals surface area contributed by atoms with Crippen molar-refractivity contribution in [3.8, 4) is 0 Å². The molecular weight excluding hydrogens is 549 g/mol. The van der Waals surface area contributed by atoms with Crippen LogP contribution in [0.2, 0.25) is 0 Å². The zero-order valence-electron chi connectivity index (χ0n) is 17.2. The highest BCUT2D eigenvalue weighted by molar-refractivity contribution is 8.32. The number of halogens is 11. The normalized spacial score (nSPS) is 17.0. The van der Waals surface area contributed by atoms with Crippen molar-refractivity contribution in [2.24, 2.45) is 0 Å². The summed E-state index contributed by atoms with van der Waals surface area (Å²) in [7, 11) is -10.9. The quantitative estimate of drug-likeness (QED) is 0.308. The minimum Gasteiger partial charge on any atom is -0.211 e. The van der Waals surface area contributed by atoms with Crippen molar-refractivity contribution in [2.75, 3.05) is 6.26 Å². The van der Waals surface area contributed by atoms with E-state index >= 15 is 0 Å².